The first-order valence-corrected chi connectivity index (χ1v) is 20.2. The van der Waals surface area contributed by atoms with Gasteiger partial charge >= 0.3 is 0 Å². The number of fused-ring (bicyclic) bond motifs is 4. The first-order valence-electron chi connectivity index (χ1n) is 20.2. The Morgan fingerprint density at radius 2 is 1.02 bits per heavy atom. The predicted molar refractivity (Wildman–Crippen MR) is 246 cm³/mol. The highest BCUT2D eigenvalue weighted by molar-refractivity contribution is 5.98. The van der Waals surface area contributed by atoms with Gasteiger partial charge in [0.05, 0.1) is 29.5 Å². The number of anilines is 1. The van der Waals surface area contributed by atoms with Crippen LogP contribution in [0.25, 0.3) is 77.6 Å². The van der Waals surface area contributed by atoms with E-state index in [4.69, 9.17) is 14.7 Å². The zero-order valence-electron chi connectivity index (χ0n) is 33.8. The van der Waals surface area contributed by atoms with Crippen LogP contribution < -0.4 is 15.0 Å². The maximum atomic E-state index is 5.72. The Morgan fingerprint density at radius 3 is 1.52 bits per heavy atom. The molecule has 1 fully saturated rings. The van der Waals surface area contributed by atoms with Crippen LogP contribution in [0.5, 0.6) is 5.75 Å². The molecule has 6 aromatic heterocycles. The van der Waals surface area contributed by atoms with E-state index in [1.165, 1.54) is 5.69 Å². The zero-order chi connectivity index (χ0) is 40.4. The zero-order valence-corrected chi connectivity index (χ0v) is 34.6. The van der Waals surface area contributed by atoms with Crippen molar-refractivity contribution in [1.82, 2.24) is 44.5 Å². The van der Waals surface area contributed by atoms with Crippen LogP contribution in [-0.4, -0.2) is 71.4 Å². The fourth-order valence-corrected chi connectivity index (χ4v) is 7.87. The van der Waals surface area contributed by atoms with E-state index in [-0.39, 0.29) is 18.5 Å². The van der Waals surface area contributed by atoms with Gasteiger partial charge in [-0.05, 0) is 84.6 Å². The van der Waals surface area contributed by atoms with E-state index in [9.17, 15) is 0 Å². The summed E-state index contributed by atoms with van der Waals surface area (Å²) < 4.78 is 9.42. The molecule has 0 amide bonds. The van der Waals surface area contributed by atoms with Crippen molar-refractivity contribution >= 4 is 51.2 Å². The lowest BCUT2D eigenvalue weighted by Crippen LogP contribution is -2.43. The molecule has 7 heterocycles. The highest BCUT2D eigenvalue weighted by Crippen LogP contribution is 2.33. The first kappa shape index (κ1) is 39.3. The molecule has 1 aliphatic heterocycles. The van der Waals surface area contributed by atoms with Crippen LogP contribution in [0, 0.1) is 0 Å². The normalized spacial score (nSPS) is 12.7. The van der Waals surface area contributed by atoms with Crippen LogP contribution in [0.3, 0.4) is 0 Å². The van der Waals surface area contributed by atoms with E-state index >= 15 is 0 Å². The van der Waals surface area contributed by atoms with Crippen LogP contribution in [0.1, 0.15) is 13.8 Å². The maximum absolute atomic E-state index is 5.72. The summed E-state index contributed by atoms with van der Waals surface area (Å²) in [5.41, 5.74) is 13.3. The molecule has 0 bridgehead atoms. The third kappa shape index (κ3) is 7.96. The molecule has 0 spiro atoms. The summed E-state index contributed by atoms with van der Waals surface area (Å²) in [6.07, 6.45) is 15.5. The standard InChI is InChI=1S/C25H22N6.C24H20N4O.ClH/c1-2-4-24-22(3-1)21(9-10-27-24)23-16-29-31-17-19(15-28-25(23)31)18-5-7-20(8-6-18)30-13-11-26-12-14-30;1-16(2)29-19-9-7-17(8-10-19)18-13-26-24-22(14-27-28(24)15-18)20-11-12-25-23-6-4-3-5-21(20)23;/h1-10,15-17,26H,11-14H2;3-16H,1-2H3;1H. The Labute approximate surface area is 359 Å². The van der Waals surface area contributed by atoms with Crippen molar-refractivity contribution in [3.63, 3.8) is 0 Å². The molecule has 0 radical (unpaired) electrons. The van der Waals surface area contributed by atoms with Crippen LogP contribution in [0.2, 0.25) is 0 Å². The number of ether oxygens (including phenoxy) is 1. The number of aromatic nitrogens is 8. The second-order valence-electron chi connectivity index (χ2n) is 15.1. The third-order valence-corrected chi connectivity index (χ3v) is 10.8. The summed E-state index contributed by atoms with van der Waals surface area (Å²) in [5, 5.41) is 14.8. The topological polar surface area (TPSA) is 111 Å². The van der Waals surface area contributed by atoms with E-state index in [2.05, 4.69) is 73.0 Å². The fourth-order valence-electron chi connectivity index (χ4n) is 7.87. The van der Waals surface area contributed by atoms with Crippen molar-refractivity contribution in [2.24, 2.45) is 0 Å². The molecule has 11 nitrogen and oxygen atoms in total. The predicted octanol–water partition coefficient (Wildman–Crippen LogP) is 9.84. The lowest BCUT2D eigenvalue weighted by Gasteiger charge is -2.29. The van der Waals surface area contributed by atoms with Crippen molar-refractivity contribution in [3.8, 4) is 50.3 Å². The molecule has 0 unspecified atom stereocenters. The molecule has 61 heavy (non-hydrogen) atoms. The van der Waals surface area contributed by atoms with Gasteiger partial charge in [-0.2, -0.15) is 10.2 Å². The Kier molecular flexibility index (Phi) is 11.1. The summed E-state index contributed by atoms with van der Waals surface area (Å²) in [6, 6.07) is 37.1. The smallest absolute Gasteiger partial charge is 0.162 e. The number of hydrogen-bond donors (Lipinski definition) is 1. The van der Waals surface area contributed by atoms with Crippen molar-refractivity contribution in [3.05, 3.63) is 159 Å². The van der Waals surface area contributed by atoms with Crippen LogP contribution >= 0.6 is 12.4 Å². The van der Waals surface area contributed by atoms with Gasteiger partial charge in [-0.1, -0.05) is 60.7 Å². The van der Waals surface area contributed by atoms with Crippen molar-refractivity contribution in [2.75, 3.05) is 31.1 Å². The van der Waals surface area contributed by atoms with E-state index in [0.29, 0.717) is 0 Å². The van der Waals surface area contributed by atoms with Crippen molar-refractivity contribution in [2.45, 2.75) is 20.0 Å². The van der Waals surface area contributed by atoms with Crippen LogP contribution in [0.15, 0.2) is 159 Å². The Morgan fingerprint density at radius 1 is 0.525 bits per heavy atom. The van der Waals surface area contributed by atoms with Gasteiger partial charge in [-0.15, -0.1) is 12.4 Å². The number of nitrogens with zero attached hydrogens (tertiary/aromatic N) is 9. The summed E-state index contributed by atoms with van der Waals surface area (Å²) >= 11 is 0. The van der Waals surface area contributed by atoms with E-state index < -0.39 is 0 Å². The molecule has 302 valence electrons. The average molecular weight is 823 g/mol. The Hall–Kier alpha value is -7.21. The van der Waals surface area contributed by atoms with E-state index in [1.54, 1.807) is 0 Å². The molecule has 1 saturated heterocycles. The quantitative estimate of drug-likeness (QED) is 0.168. The minimum absolute atomic E-state index is 0. The second-order valence-corrected chi connectivity index (χ2v) is 15.1. The molecule has 1 N–H and O–H groups in total. The fraction of sp³-hybridized carbons (Fsp3) is 0.143. The van der Waals surface area contributed by atoms with Gasteiger partial charge in [0.2, 0.25) is 0 Å². The molecule has 0 atom stereocenters. The third-order valence-electron chi connectivity index (χ3n) is 10.8. The number of hydrogen-bond acceptors (Lipinski definition) is 9. The molecule has 11 rings (SSSR count). The highest BCUT2D eigenvalue weighted by atomic mass is 35.5. The number of benzene rings is 4. The molecule has 0 saturated carbocycles. The summed E-state index contributed by atoms with van der Waals surface area (Å²) in [5.74, 6) is 0.865. The van der Waals surface area contributed by atoms with Gasteiger partial charge in [-0.25, -0.2) is 19.0 Å². The largest absolute Gasteiger partial charge is 0.491 e. The van der Waals surface area contributed by atoms with Gasteiger partial charge < -0.3 is 15.0 Å². The molecular formula is C49H43ClN10O. The minimum Gasteiger partial charge on any atom is -0.491 e. The van der Waals surface area contributed by atoms with Crippen molar-refractivity contribution < 1.29 is 4.74 Å². The maximum Gasteiger partial charge on any atom is 0.162 e. The number of para-hydroxylation sites is 2. The molecular weight excluding hydrogens is 780 g/mol. The number of halogens is 1. The van der Waals surface area contributed by atoms with Crippen LogP contribution in [0.4, 0.5) is 5.69 Å². The Bertz CT molecular complexity index is 3090. The molecule has 10 aromatic rings. The Balaban J connectivity index is 0.000000154. The second kappa shape index (κ2) is 17.2. The minimum atomic E-state index is 0. The number of rotatable bonds is 7. The number of pyridine rings is 2. The number of nitrogens with one attached hydrogen (secondary N) is 1. The monoisotopic (exact) mass is 822 g/mol. The van der Waals surface area contributed by atoms with Crippen LogP contribution in [-0.2, 0) is 0 Å². The SMILES string of the molecule is CC(C)Oc1ccc(-c2cnc3c(-c4ccnc5ccccc45)cnn3c2)cc1.Cl.c1ccc2c(-c3cnn4cc(-c5ccc(N6CCNCC6)cc5)cnc34)ccnc2c1. The average Bonchev–Trinajstić information content (AvgIpc) is 3.93. The molecule has 1 aliphatic rings. The molecule has 12 heteroatoms. The molecule has 4 aromatic carbocycles. The summed E-state index contributed by atoms with van der Waals surface area (Å²) in [4.78, 5) is 20.8. The van der Waals surface area contributed by atoms with Gasteiger partial charge in [0.1, 0.15) is 5.75 Å². The molecule has 0 aliphatic carbocycles. The van der Waals surface area contributed by atoms with Crippen molar-refractivity contribution in [1.29, 1.82) is 0 Å². The van der Waals surface area contributed by atoms with Gasteiger partial charge in [0.25, 0.3) is 0 Å². The van der Waals surface area contributed by atoms with Gasteiger partial charge in [-0.3, -0.25) is 9.97 Å². The van der Waals surface area contributed by atoms with E-state index in [0.717, 1.165) is 110 Å². The number of piperazine rings is 1. The lowest BCUT2D eigenvalue weighted by atomic mass is 10.0. The van der Waals surface area contributed by atoms with Gasteiger partial charge in [0.15, 0.2) is 11.3 Å². The first-order chi connectivity index (χ1) is 29.6. The highest BCUT2D eigenvalue weighted by Gasteiger charge is 2.15. The van der Waals surface area contributed by atoms with E-state index in [1.807, 2.05) is 139 Å². The summed E-state index contributed by atoms with van der Waals surface area (Å²) in [7, 11) is 0. The van der Waals surface area contributed by atoms with Gasteiger partial charge in [0, 0.05) is 102 Å². The summed E-state index contributed by atoms with van der Waals surface area (Å²) in [6.45, 7) is 8.22. The lowest BCUT2D eigenvalue weighted by molar-refractivity contribution is 0.242.